The van der Waals surface area contributed by atoms with Gasteiger partial charge >= 0.3 is 19.8 Å². The molecule has 59 heavy (non-hydrogen) atoms. The largest absolute Gasteiger partial charge is 0.472 e. The average Bonchev–Trinajstić information content (AvgIpc) is 3.21. The standard InChI is InChI=1S/C45H81O13P/c1-3-5-7-9-11-13-15-17-19-21-23-25-27-29-31-33-38(46)55-35-37(36-56-59(53,54)58-45-43(51)41(49)40(48)42(50)44(45)52)57-39(47)34-32-30-28-26-24-22-20-18-16-14-12-10-8-6-4-2/h10-13,17,19,37,40-45,48-52H,3-9,14-16,18,20-36H2,1-2H3,(H,53,54)/b12-10+,13-11+,19-17+/t37-,40?,41-,42?,43?,44?,45?/m1/s1. The number of aliphatic hydroxyl groups is 5. The number of carbonyl (C=O) groups excluding carboxylic acids is 2. The Morgan fingerprint density at radius 3 is 1.44 bits per heavy atom. The van der Waals surface area contributed by atoms with Crippen LogP contribution in [0, 0.1) is 0 Å². The van der Waals surface area contributed by atoms with Gasteiger partial charge in [0.15, 0.2) is 6.10 Å². The summed E-state index contributed by atoms with van der Waals surface area (Å²) in [5.41, 5.74) is 0. The van der Waals surface area contributed by atoms with E-state index in [1.165, 1.54) is 64.2 Å². The molecule has 6 unspecified atom stereocenters. The van der Waals surface area contributed by atoms with Crippen molar-refractivity contribution < 1.29 is 63.1 Å². The predicted molar refractivity (Wildman–Crippen MR) is 230 cm³/mol. The molecule has 0 heterocycles. The third-order valence-corrected chi connectivity index (χ3v) is 11.4. The van der Waals surface area contributed by atoms with Crippen LogP contribution in [0.4, 0.5) is 0 Å². The maximum atomic E-state index is 12.8. The molecule has 0 aliphatic heterocycles. The van der Waals surface area contributed by atoms with Crippen molar-refractivity contribution in [3.63, 3.8) is 0 Å². The Kier molecular flexibility index (Phi) is 33.3. The van der Waals surface area contributed by atoms with Gasteiger partial charge in [-0.05, 0) is 64.2 Å². The van der Waals surface area contributed by atoms with E-state index in [1.807, 2.05) is 0 Å². The van der Waals surface area contributed by atoms with Crippen LogP contribution in [0.2, 0.25) is 0 Å². The summed E-state index contributed by atoms with van der Waals surface area (Å²) in [6.07, 6.45) is 26.2. The van der Waals surface area contributed by atoms with E-state index in [1.54, 1.807) is 0 Å². The minimum Gasteiger partial charge on any atom is -0.462 e. The number of allylic oxidation sites excluding steroid dienone is 6. The lowest BCUT2D eigenvalue weighted by Gasteiger charge is -2.41. The Morgan fingerprint density at radius 1 is 0.525 bits per heavy atom. The van der Waals surface area contributed by atoms with E-state index in [-0.39, 0.29) is 12.8 Å². The average molecular weight is 861 g/mol. The number of phosphoric acid groups is 1. The first kappa shape index (κ1) is 55.1. The van der Waals surface area contributed by atoms with Crippen LogP contribution in [0.3, 0.4) is 0 Å². The molecule has 8 atom stereocenters. The third kappa shape index (κ3) is 28.3. The molecule has 0 radical (unpaired) electrons. The highest BCUT2D eigenvalue weighted by Crippen LogP contribution is 2.47. The number of hydrogen-bond acceptors (Lipinski definition) is 12. The molecule has 1 aliphatic carbocycles. The van der Waals surface area contributed by atoms with E-state index in [2.05, 4.69) is 50.3 Å². The van der Waals surface area contributed by atoms with Crippen molar-refractivity contribution in [2.24, 2.45) is 0 Å². The second-order valence-electron chi connectivity index (χ2n) is 15.9. The van der Waals surface area contributed by atoms with Crippen LogP contribution in [0.25, 0.3) is 0 Å². The fourth-order valence-electron chi connectivity index (χ4n) is 6.71. The Morgan fingerprint density at radius 2 is 0.932 bits per heavy atom. The smallest absolute Gasteiger partial charge is 0.462 e. The number of phosphoric ester groups is 1. The summed E-state index contributed by atoms with van der Waals surface area (Å²) in [5.74, 6) is -1.12. The lowest BCUT2D eigenvalue weighted by atomic mass is 9.85. The molecule has 0 aromatic rings. The maximum Gasteiger partial charge on any atom is 0.472 e. The summed E-state index contributed by atoms with van der Waals surface area (Å²) >= 11 is 0. The van der Waals surface area contributed by atoms with Crippen molar-refractivity contribution in [2.75, 3.05) is 13.2 Å². The quantitative estimate of drug-likeness (QED) is 0.0150. The highest BCUT2D eigenvalue weighted by atomic mass is 31.2. The number of ether oxygens (including phenoxy) is 2. The van der Waals surface area contributed by atoms with Crippen LogP contribution in [0.5, 0.6) is 0 Å². The van der Waals surface area contributed by atoms with Crippen molar-refractivity contribution in [3.05, 3.63) is 36.5 Å². The van der Waals surface area contributed by atoms with Gasteiger partial charge in [0.25, 0.3) is 0 Å². The topological polar surface area (TPSA) is 210 Å². The predicted octanol–water partition coefficient (Wildman–Crippen LogP) is 8.61. The fourth-order valence-corrected chi connectivity index (χ4v) is 7.68. The first-order valence-electron chi connectivity index (χ1n) is 22.8. The summed E-state index contributed by atoms with van der Waals surface area (Å²) in [6.45, 7) is 3.23. The first-order chi connectivity index (χ1) is 28.4. The summed E-state index contributed by atoms with van der Waals surface area (Å²) in [4.78, 5) is 35.7. The zero-order chi connectivity index (χ0) is 43.6. The van der Waals surface area contributed by atoms with Crippen molar-refractivity contribution in [3.8, 4) is 0 Å². The lowest BCUT2D eigenvalue weighted by molar-refractivity contribution is -0.220. The molecular weight excluding hydrogens is 779 g/mol. The molecule has 13 nitrogen and oxygen atoms in total. The van der Waals surface area contributed by atoms with Crippen molar-refractivity contribution in [1.82, 2.24) is 0 Å². The van der Waals surface area contributed by atoms with E-state index < -0.39 is 75.7 Å². The molecule has 0 spiro atoms. The zero-order valence-electron chi connectivity index (χ0n) is 36.3. The number of hydrogen-bond donors (Lipinski definition) is 6. The number of esters is 2. The van der Waals surface area contributed by atoms with Gasteiger partial charge in [0.1, 0.15) is 43.2 Å². The highest BCUT2D eigenvalue weighted by Gasteiger charge is 2.51. The fraction of sp³-hybridized carbons (Fsp3) is 0.822. The Bertz CT molecular complexity index is 1180. The Balaban J connectivity index is 2.48. The monoisotopic (exact) mass is 861 g/mol. The van der Waals surface area contributed by atoms with E-state index in [4.69, 9.17) is 18.5 Å². The molecule has 0 aromatic heterocycles. The molecule has 0 amide bonds. The van der Waals surface area contributed by atoms with Gasteiger partial charge in [-0.1, -0.05) is 140 Å². The van der Waals surface area contributed by atoms with Gasteiger partial charge in [0.2, 0.25) is 0 Å². The van der Waals surface area contributed by atoms with Crippen LogP contribution in [0.15, 0.2) is 36.5 Å². The molecule has 1 fully saturated rings. The molecule has 6 N–H and O–H groups in total. The normalized spacial score (nSPS) is 22.6. The molecule has 1 aliphatic rings. The molecule has 1 rings (SSSR count). The molecule has 344 valence electrons. The van der Waals surface area contributed by atoms with E-state index in [0.717, 1.165) is 77.0 Å². The van der Waals surface area contributed by atoms with Gasteiger partial charge in [-0.15, -0.1) is 0 Å². The maximum absolute atomic E-state index is 12.8. The minimum absolute atomic E-state index is 0.0913. The van der Waals surface area contributed by atoms with Crippen LogP contribution in [-0.2, 0) is 32.7 Å². The number of rotatable bonds is 37. The highest BCUT2D eigenvalue weighted by molar-refractivity contribution is 7.47. The number of unbranched alkanes of at least 4 members (excludes halogenated alkanes) is 19. The second-order valence-corrected chi connectivity index (χ2v) is 17.3. The zero-order valence-corrected chi connectivity index (χ0v) is 37.2. The van der Waals surface area contributed by atoms with Crippen molar-refractivity contribution in [1.29, 1.82) is 0 Å². The third-order valence-electron chi connectivity index (χ3n) is 10.5. The number of aliphatic hydroxyl groups excluding tert-OH is 5. The minimum atomic E-state index is -5.12. The number of carbonyl (C=O) groups is 2. The summed E-state index contributed by atoms with van der Waals surface area (Å²) in [6, 6.07) is 0. The Hall–Kier alpha value is -1.93. The summed E-state index contributed by atoms with van der Waals surface area (Å²) in [5, 5.41) is 50.1. The van der Waals surface area contributed by atoms with Crippen molar-refractivity contribution in [2.45, 2.75) is 224 Å². The van der Waals surface area contributed by atoms with Crippen LogP contribution < -0.4 is 0 Å². The molecule has 1 saturated carbocycles. The SMILES string of the molecule is CCCC/C=C/CCCCCCCCCCCC(=O)O[C@H](COC(=O)CCCCCCC/C=C/C/C=C/CCCCC)COP(=O)(O)OC1C(O)C(O)C(O)[C@@H](O)C1O. The van der Waals surface area contributed by atoms with Crippen LogP contribution in [0.1, 0.15) is 181 Å². The summed E-state index contributed by atoms with van der Waals surface area (Å²) < 4.78 is 33.5. The van der Waals surface area contributed by atoms with Crippen LogP contribution >= 0.6 is 7.82 Å². The van der Waals surface area contributed by atoms with Gasteiger partial charge in [-0.25, -0.2) is 4.57 Å². The Labute approximate surface area is 355 Å². The van der Waals surface area contributed by atoms with Gasteiger partial charge < -0.3 is 39.9 Å². The molecule has 0 aromatic carbocycles. The van der Waals surface area contributed by atoms with Gasteiger partial charge in [-0.3, -0.25) is 18.6 Å². The van der Waals surface area contributed by atoms with Crippen molar-refractivity contribution >= 4 is 19.8 Å². The van der Waals surface area contributed by atoms with E-state index in [9.17, 15) is 44.6 Å². The van der Waals surface area contributed by atoms with E-state index >= 15 is 0 Å². The van der Waals surface area contributed by atoms with Gasteiger partial charge in [0, 0.05) is 12.8 Å². The lowest BCUT2D eigenvalue weighted by Crippen LogP contribution is -2.64. The van der Waals surface area contributed by atoms with Gasteiger partial charge in [-0.2, -0.15) is 0 Å². The molecule has 0 bridgehead atoms. The van der Waals surface area contributed by atoms with Gasteiger partial charge in [0.05, 0.1) is 6.61 Å². The second kappa shape index (κ2) is 35.6. The molecular formula is C45H81O13P. The van der Waals surface area contributed by atoms with Crippen LogP contribution in [-0.4, -0.2) is 98.3 Å². The van der Waals surface area contributed by atoms with E-state index in [0.29, 0.717) is 12.8 Å². The summed E-state index contributed by atoms with van der Waals surface area (Å²) in [7, 11) is -5.12. The molecule has 0 saturated heterocycles. The molecule has 14 heteroatoms. The first-order valence-corrected chi connectivity index (χ1v) is 24.3.